The molecule has 0 aliphatic carbocycles. The van der Waals surface area contributed by atoms with E-state index in [1.54, 1.807) is 38.1 Å². The van der Waals surface area contributed by atoms with E-state index in [1.165, 1.54) is 22.5 Å². The number of hydrogen-bond acceptors (Lipinski definition) is 5. The number of para-hydroxylation sites is 1. The third kappa shape index (κ3) is 5.43. The maximum Gasteiger partial charge on any atom is 0.387 e. The van der Waals surface area contributed by atoms with Crippen molar-refractivity contribution in [3.8, 4) is 5.75 Å². The number of hydrogen-bond donors (Lipinski definition) is 1. The quantitative estimate of drug-likeness (QED) is 0.641. The number of nitrogens with zero attached hydrogens (tertiary/aromatic N) is 1. The summed E-state index contributed by atoms with van der Waals surface area (Å²) in [6.45, 7) is 1.64. The fraction of sp³-hybridized carbons (Fsp3) is 0.409. The van der Waals surface area contributed by atoms with Crippen molar-refractivity contribution in [2.45, 2.75) is 37.8 Å². The minimum atomic E-state index is -3.77. The van der Waals surface area contributed by atoms with Gasteiger partial charge in [0, 0.05) is 24.2 Å². The molecule has 0 radical (unpaired) electrons. The molecule has 1 unspecified atom stereocenters. The van der Waals surface area contributed by atoms with Crippen LogP contribution in [0.25, 0.3) is 0 Å². The first-order chi connectivity index (χ1) is 15.2. The molecule has 32 heavy (non-hydrogen) atoms. The highest BCUT2D eigenvalue weighted by molar-refractivity contribution is 7.89. The molecule has 174 valence electrons. The number of rotatable bonds is 8. The summed E-state index contributed by atoms with van der Waals surface area (Å²) in [7, 11) is -3.77. The summed E-state index contributed by atoms with van der Waals surface area (Å²) < 4.78 is 62.6. The van der Waals surface area contributed by atoms with Gasteiger partial charge in [0.15, 0.2) is 0 Å². The maximum atomic E-state index is 13.1. The Morgan fingerprint density at radius 1 is 1.19 bits per heavy atom. The first-order valence-electron chi connectivity index (χ1n) is 10.3. The average Bonchev–Trinajstić information content (AvgIpc) is 2.78. The number of carbonyl (C=O) groups excluding carboxylic acids is 1. The second-order valence-corrected chi connectivity index (χ2v) is 9.28. The van der Waals surface area contributed by atoms with E-state index in [1.807, 2.05) is 0 Å². The van der Waals surface area contributed by atoms with Gasteiger partial charge in [-0.1, -0.05) is 31.2 Å². The maximum absolute atomic E-state index is 13.1. The third-order valence-electron chi connectivity index (χ3n) is 5.29. The highest BCUT2D eigenvalue weighted by Gasteiger charge is 2.28. The number of ether oxygens (including phenoxy) is 2. The molecular weight excluding hydrogens is 442 g/mol. The average molecular weight is 469 g/mol. The van der Waals surface area contributed by atoms with Gasteiger partial charge in [-0.15, -0.1) is 0 Å². The first kappa shape index (κ1) is 24.1. The van der Waals surface area contributed by atoms with Crippen LogP contribution < -0.4 is 10.1 Å². The standard InChI is InChI=1S/C22H26F2N2O5S/c1-3-19(17-6-4-5-7-20(17)31-22(23)24)25-21(27)18-14-16(9-8-15(18)2)32(28,29)26-10-12-30-13-11-26/h4-9,14,19,22H,3,10-13H2,1-2H3,(H,25,27). The topological polar surface area (TPSA) is 84.9 Å². The van der Waals surface area contributed by atoms with E-state index in [0.29, 0.717) is 30.8 Å². The molecule has 1 aliphatic heterocycles. The predicted molar refractivity (Wildman–Crippen MR) is 114 cm³/mol. The highest BCUT2D eigenvalue weighted by Crippen LogP contribution is 2.29. The van der Waals surface area contributed by atoms with Crippen LogP contribution in [-0.4, -0.2) is 51.5 Å². The van der Waals surface area contributed by atoms with Crippen LogP contribution >= 0.6 is 0 Å². The second-order valence-electron chi connectivity index (χ2n) is 7.34. The van der Waals surface area contributed by atoms with Crippen LogP contribution in [0.2, 0.25) is 0 Å². The normalized spacial score (nSPS) is 16.0. The third-order valence-corrected chi connectivity index (χ3v) is 7.18. The SMILES string of the molecule is CCC(NC(=O)c1cc(S(=O)(=O)N2CCOCC2)ccc1C)c1ccccc1OC(F)F. The lowest BCUT2D eigenvalue weighted by Crippen LogP contribution is -2.40. The Morgan fingerprint density at radius 2 is 1.88 bits per heavy atom. The van der Waals surface area contributed by atoms with Crippen molar-refractivity contribution >= 4 is 15.9 Å². The van der Waals surface area contributed by atoms with Crippen LogP contribution in [0.5, 0.6) is 5.75 Å². The lowest BCUT2D eigenvalue weighted by atomic mass is 10.0. The summed E-state index contributed by atoms with van der Waals surface area (Å²) in [4.78, 5) is 13.1. The molecule has 7 nitrogen and oxygen atoms in total. The van der Waals surface area contributed by atoms with Crippen molar-refractivity contribution in [3.63, 3.8) is 0 Å². The van der Waals surface area contributed by atoms with Gasteiger partial charge in [0.1, 0.15) is 5.75 Å². The van der Waals surface area contributed by atoms with Gasteiger partial charge >= 0.3 is 6.61 Å². The number of amides is 1. The monoisotopic (exact) mass is 468 g/mol. The van der Waals surface area contributed by atoms with Gasteiger partial charge in [-0.3, -0.25) is 4.79 Å². The summed E-state index contributed by atoms with van der Waals surface area (Å²) in [6.07, 6.45) is 0.417. The van der Waals surface area contributed by atoms with Crippen molar-refractivity contribution in [2.75, 3.05) is 26.3 Å². The van der Waals surface area contributed by atoms with Crippen LogP contribution in [0.15, 0.2) is 47.4 Å². The molecule has 0 saturated carbocycles. The summed E-state index contributed by atoms with van der Waals surface area (Å²) >= 11 is 0. The van der Waals surface area contributed by atoms with Crippen LogP contribution in [0, 0.1) is 6.92 Å². The lowest BCUT2D eigenvalue weighted by molar-refractivity contribution is -0.0506. The summed E-state index contributed by atoms with van der Waals surface area (Å²) in [6, 6.07) is 10.1. The number of halogens is 2. The van der Waals surface area contributed by atoms with Crippen molar-refractivity contribution in [1.29, 1.82) is 0 Å². The van der Waals surface area contributed by atoms with Crippen LogP contribution in [-0.2, 0) is 14.8 Å². The van der Waals surface area contributed by atoms with Crippen LogP contribution in [0.4, 0.5) is 8.78 Å². The molecule has 1 N–H and O–H groups in total. The number of alkyl halides is 2. The number of aryl methyl sites for hydroxylation is 1. The predicted octanol–water partition coefficient (Wildman–Crippen LogP) is 3.50. The lowest BCUT2D eigenvalue weighted by Gasteiger charge is -2.26. The van der Waals surface area contributed by atoms with E-state index in [0.717, 1.165) is 0 Å². The van der Waals surface area contributed by atoms with Crippen molar-refractivity contribution < 1.29 is 31.5 Å². The number of morpholine rings is 1. The molecule has 10 heteroatoms. The fourth-order valence-corrected chi connectivity index (χ4v) is 4.98. The molecule has 1 atom stereocenters. The molecule has 1 saturated heterocycles. The zero-order valence-electron chi connectivity index (χ0n) is 17.9. The van der Waals surface area contributed by atoms with Crippen LogP contribution in [0.3, 0.4) is 0 Å². The first-order valence-corrected chi connectivity index (χ1v) is 11.7. The molecule has 0 spiro atoms. The molecule has 0 bridgehead atoms. The van der Waals surface area contributed by atoms with E-state index in [4.69, 9.17) is 4.74 Å². The van der Waals surface area contributed by atoms with E-state index >= 15 is 0 Å². The number of nitrogens with one attached hydrogen (secondary N) is 1. The zero-order valence-corrected chi connectivity index (χ0v) is 18.7. The molecule has 3 rings (SSSR count). The Labute approximate surface area is 186 Å². The Balaban J connectivity index is 1.87. The highest BCUT2D eigenvalue weighted by atomic mass is 32.2. The molecule has 1 fully saturated rings. The zero-order chi connectivity index (χ0) is 23.3. The Morgan fingerprint density at radius 3 is 2.53 bits per heavy atom. The Kier molecular flexibility index (Phi) is 7.81. The second kappa shape index (κ2) is 10.4. The number of sulfonamides is 1. The molecule has 1 heterocycles. The van der Waals surface area contributed by atoms with Gasteiger partial charge in [0.05, 0.1) is 24.2 Å². The summed E-state index contributed by atoms with van der Waals surface area (Å²) in [5.41, 5.74) is 1.21. The van der Waals surface area contributed by atoms with Gasteiger partial charge in [-0.25, -0.2) is 8.42 Å². The van der Waals surface area contributed by atoms with Crippen molar-refractivity contribution in [3.05, 3.63) is 59.2 Å². The molecule has 0 aromatic heterocycles. The summed E-state index contributed by atoms with van der Waals surface area (Å²) in [5.74, 6) is -0.518. The van der Waals surface area contributed by atoms with Gasteiger partial charge in [-0.05, 0) is 37.1 Å². The van der Waals surface area contributed by atoms with E-state index < -0.39 is 28.6 Å². The Bertz CT molecular complexity index is 1060. The van der Waals surface area contributed by atoms with Crippen molar-refractivity contribution in [1.82, 2.24) is 9.62 Å². The molecule has 2 aromatic rings. The number of benzene rings is 2. The van der Waals surface area contributed by atoms with Crippen molar-refractivity contribution in [2.24, 2.45) is 0 Å². The molecule has 2 aromatic carbocycles. The van der Waals surface area contributed by atoms with Gasteiger partial charge in [0.25, 0.3) is 5.91 Å². The van der Waals surface area contributed by atoms with Gasteiger partial charge in [-0.2, -0.15) is 13.1 Å². The molecule has 1 amide bonds. The fourth-order valence-electron chi connectivity index (χ4n) is 3.55. The smallest absolute Gasteiger partial charge is 0.387 e. The molecule has 1 aliphatic rings. The van der Waals surface area contributed by atoms with Gasteiger partial charge in [0.2, 0.25) is 10.0 Å². The Hall–Kier alpha value is -2.56. The minimum Gasteiger partial charge on any atom is -0.434 e. The number of carbonyl (C=O) groups is 1. The van der Waals surface area contributed by atoms with Gasteiger partial charge < -0.3 is 14.8 Å². The van der Waals surface area contributed by atoms with E-state index in [2.05, 4.69) is 10.1 Å². The van der Waals surface area contributed by atoms with E-state index in [9.17, 15) is 22.0 Å². The molecular formula is C22H26F2N2O5S. The van der Waals surface area contributed by atoms with Crippen LogP contribution in [0.1, 0.15) is 40.9 Å². The summed E-state index contributed by atoms with van der Waals surface area (Å²) in [5, 5.41) is 2.82. The van der Waals surface area contributed by atoms with E-state index in [-0.39, 0.29) is 29.3 Å². The minimum absolute atomic E-state index is 0.0182. The largest absolute Gasteiger partial charge is 0.434 e.